The minimum absolute atomic E-state index is 0.0169. The fraction of sp³-hybridized carbons (Fsp3) is 0.909. The van der Waals surface area contributed by atoms with Gasteiger partial charge in [-0.15, -0.1) is 11.8 Å². The molecule has 16 heavy (non-hydrogen) atoms. The van der Waals surface area contributed by atoms with Gasteiger partial charge in [0.1, 0.15) is 0 Å². The molecule has 92 valence electrons. The van der Waals surface area contributed by atoms with Crippen molar-refractivity contribution in [1.82, 2.24) is 10.6 Å². The molecular weight excluding hydrogens is 224 g/mol. The van der Waals surface area contributed by atoms with Crippen LogP contribution in [0.4, 0.5) is 0 Å². The van der Waals surface area contributed by atoms with Crippen LogP contribution in [-0.4, -0.2) is 43.8 Å². The molecule has 1 unspecified atom stereocenters. The maximum Gasteiger partial charge on any atom is 0.238 e. The van der Waals surface area contributed by atoms with Crippen molar-refractivity contribution in [2.24, 2.45) is 5.41 Å². The van der Waals surface area contributed by atoms with E-state index in [1.165, 1.54) is 12.8 Å². The van der Waals surface area contributed by atoms with E-state index in [0.717, 1.165) is 31.2 Å². The van der Waals surface area contributed by atoms with Crippen molar-refractivity contribution in [2.45, 2.75) is 25.3 Å². The first-order valence-electron chi connectivity index (χ1n) is 5.84. The highest BCUT2D eigenvalue weighted by Gasteiger charge is 2.42. The topological polar surface area (TPSA) is 50.4 Å². The van der Waals surface area contributed by atoms with Gasteiger partial charge in [-0.1, -0.05) is 0 Å². The Morgan fingerprint density at radius 1 is 1.62 bits per heavy atom. The van der Waals surface area contributed by atoms with Crippen LogP contribution in [0.2, 0.25) is 0 Å². The zero-order chi connectivity index (χ0) is 11.4. The summed E-state index contributed by atoms with van der Waals surface area (Å²) in [5, 5.41) is 6.25. The highest BCUT2D eigenvalue weighted by molar-refractivity contribution is 7.99. The van der Waals surface area contributed by atoms with Crippen LogP contribution in [0.25, 0.3) is 0 Å². The van der Waals surface area contributed by atoms with Gasteiger partial charge in [0.15, 0.2) is 0 Å². The van der Waals surface area contributed by atoms with Crippen LogP contribution in [0.15, 0.2) is 0 Å². The van der Waals surface area contributed by atoms with Crippen LogP contribution >= 0.6 is 11.8 Å². The van der Waals surface area contributed by atoms with Crippen molar-refractivity contribution in [2.75, 3.05) is 31.9 Å². The zero-order valence-corrected chi connectivity index (χ0v) is 10.6. The van der Waals surface area contributed by atoms with Crippen molar-refractivity contribution < 1.29 is 9.53 Å². The summed E-state index contributed by atoms with van der Waals surface area (Å²) in [7, 11) is 1.73. The number of thioether (sulfide) groups is 1. The maximum atomic E-state index is 11.8. The predicted octanol–water partition coefficient (Wildman–Crippen LogP) is 0.582. The Morgan fingerprint density at radius 3 is 3.00 bits per heavy atom. The Hall–Kier alpha value is -0.260. The Bertz CT molecular complexity index is 250. The van der Waals surface area contributed by atoms with Gasteiger partial charge in [-0.25, -0.2) is 0 Å². The maximum absolute atomic E-state index is 11.8. The molecule has 2 N–H and O–H groups in total. The summed E-state index contributed by atoms with van der Waals surface area (Å²) in [4.78, 5) is 11.8. The SMILES string of the molecule is COCCC1(CNC(=O)C2CSCN2)CC1. The van der Waals surface area contributed by atoms with E-state index in [1.54, 1.807) is 18.9 Å². The first-order chi connectivity index (χ1) is 7.76. The Balaban J connectivity index is 1.68. The summed E-state index contributed by atoms with van der Waals surface area (Å²) < 4.78 is 5.10. The molecule has 0 bridgehead atoms. The van der Waals surface area contributed by atoms with E-state index >= 15 is 0 Å². The summed E-state index contributed by atoms with van der Waals surface area (Å²) in [5.74, 6) is 1.96. The van der Waals surface area contributed by atoms with Gasteiger partial charge in [-0.2, -0.15) is 0 Å². The van der Waals surface area contributed by atoms with E-state index in [1.807, 2.05) is 0 Å². The predicted molar refractivity (Wildman–Crippen MR) is 65.4 cm³/mol. The first kappa shape index (κ1) is 12.2. The van der Waals surface area contributed by atoms with E-state index in [0.29, 0.717) is 5.41 Å². The van der Waals surface area contributed by atoms with E-state index in [9.17, 15) is 4.79 Å². The third-order valence-corrected chi connectivity index (χ3v) is 4.40. The molecule has 1 heterocycles. The lowest BCUT2D eigenvalue weighted by atomic mass is 10.0. The normalized spacial score (nSPS) is 26.7. The second-order valence-corrected chi connectivity index (χ2v) is 5.76. The average Bonchev–Trinajstić information content (AvgIpc) is 2.85. The number of hydrogen-bond donors (Lipinski definition) is 2. The van der Waals surface area contributed by atoms with Gasteiger partial charge in [-0.05, 0) is 24.7 Å². The lowest BCUT2D eigenvalue weighted by molar-refractivity contribution is -0.122. The fourth-order valence-electron chi connectivity index (χ4n) is 1.97. The molecule has 1 atom stereocenters. The number of carbonyl (C=O) groups is 1. The molecule has 2 fully saturated rings. The van der Waals surface area contributed by atoms with E-state index in [2.05, 4.69) is 10.6 Å². The Labute approximate surface area is 101 Å². The van der Waals surface area contributed by atoms with Crippen LogP contribution < -0.4 is 10.6 Å². The molecule has 0 spiro atoms. The third-order valence-electron chi connectivity index (χ3n) is 3.46. The number of ether oxygens (including phenoxy) is 1. The molecular formula is C11H20N2O2S. The van der Waals surface area contributed by atoms with Crippen molar-refractivity contribution >= 4 is 17.7 Å². The number of hydrogen-bond acceptors (Lipinski definition) is 4. The molecule has 1 aliphatic heterocycles. The molecule has 0 aromatic rings. The van der Waals surface area contributed by atoms with Gasteiger partial charge >= 0.3 is 0 Å². The standard InChI is InChI=1S/C11H20N2O2S/c1-15-5-4-11(2-3-11)7-12-10(14)9-6-16-8-13-9/h9,13H,2-8H2,1H3,(H,12,14). The van der Waals surface area contributed by atoms with E-state index in [-0.39, 0.29) is 11.9 Å². The summed E-state index contributed by atoms with van der Waals surface area (Å²) in [6, 6.07) is 0.0169. The molecule has 2 aliphatic rings. The van der Waals surface area contributed by atoms with Gasteiger partial charge in [-0.3, -0.25) is 10.1 Å². The minimum atomic E-state index is 0.0169. The van der Waals surface area contributed by atoms with Gasteiger partial charge < -0.3 is 10.1 Å². The largest absolute Gasteiger partial charge is 0.385 e. The smallest absolute Gasteiger partial charge is 0.238 e. The number of amides is 1. The molecule has 0 aromatic heterocycles. The number of methoxy groups -OCH3 is 1. The minimum Gasteiger partial charge on any atom is -0.385 e. The van der Waals surface area contributed by atoms with Crippen LogP contribution in [0.3, 0.4) is 0 Å². The summed E-state index contributed by atoms with van der Waals surface area (Å²) >= 11 is 1.78. The number of rotatable bonds is 6. The number of carbonyl (C=O) groups excluding carboxylic acids is 1. The van der Waals surface area contributed by atoms with Crippen LogP contribution in [-0.2, 0) is 9.53 Å². The van der Waals surface area contributed by atoms with Crippen LogP contribution in [0.1, 0.15) is 19.3 Å². The lowest BCUT2D eigenvalue weighted by Gasteiger charge is -2.17. The molecule has 5 heteroatoms. The molecule has 4 nitrogen and oxygen atoms in total. The second-order valence-electron chi connectivity index (χ2n) is 4.73. The van der Waals surface area contributed by atoms with Crippen molar-refractivity contribution in [3.63, 3.8) is 0 Å². The lowest BCUT2D eigenvalue weighted by Crippen LogP contribution is -2.44. The van der Waals surface area contributed by atoms with Crippen LogP contribution in [0, 0.1) is 5.41 Å². The van der Waals surface area contributed by atoms with Gasteiger partial charge in [0, 0.05) is 31.9 Å². The highest BCUT2D eigenvalue weighted by Crippen LogP contribution is 2.48. The van der Waals surface area contributed by atoms with Gasteiger partial charge in [0.05, 0.1) is 6.04 Å². The molecule has 1 saturated carbocycles. The molecule has 1 saturated heterocycles. The summed E-state index contributed by atoms with van der Waals surface area (Å²) in [6.45, 7) is 1.62. The molecule has 1 amide bonds. The molecule has 2 rings (SSSR count). The molecule has 1 aliphatic carbocycles. The van der Waals surface area contributed by atoms with Crippen LogP contribution in [0.5, 0.6) is 0 Å². The highest BCUT2D eigenvalue weighted by atomic mass is 32.2. The molecule has 0 radical (unpaired) electrons. The quantitative estimate of drug-likeness (QED) is 0.718. The van der Waals surface area contributed by atoms with E-state index < -0.39 is 0 Å². The Morgan fingerprint density at radius 2 is 2.44 bits per heavy atom. The van der Waals surface area contributed by atoms with Crippen molar-refractivity contribution in [3.8, 4) is 0 Å². The average molecular weight is 244 g/mol. The van der Waals surface area contributed by atoms with Crippen molar-refractivity contribution in [3.05, 3.63) is 0 Å². The fourth-order valence-corrected chi connectivity index (χ4v) is 2.91. The zero-order valence-electron chi connectivity index (χ0n) is 9.75. The summed E-state index contributed by atoms with van der Waals surface area (Å²) in [5.41, 5.74) is 0.345. The number of nitrogens with one attached hydrogen (secondary N) is 2. The third kappa shape index (κ3) is 3.12. The summed E-state index contributed by atoms with van der Waals surface area (Å²) in [6.07, 6.45) is 3.52. The van der Waals surface area contributed by atoms with Gasteiger partial charge in [0.2, 0.25) is 5.91 Å². The van der Waals surface area contributed by atoms with Gasteiger partial charge in [0.25, 0.3) is 0 Å². The molecule has 0 aromatic carbocycles. The van der Waals surface area contributed by atoms with E-state index in [4.69, 9.17) is 4.74 Å². The van der Waals surface area contributed by atoms with Crippen molar-refractivity contribution in [1.29, 1.82) is 0 Å². The first-order valence-corrected chi connectivity index (χ1v) is 6.99. The monoisotopic (exact) mass is 244 g/mol. The Kier molecular flexibility index (Phi) is 4.10. The second kappa shape index (κ2) is 5.38.